The summed E-state index contributed by atoms with van der Waals surface area (Å²) in [5.41, 5.74) is 0. The molecular formula is C12H23NO. The van der Waals surface area contributed by atoms with Crippen LogP contribution in [-0.4, -0.2) is 18.0 Å². The fourth-order valence-corrected chi connectivity index (χ4v) is 1.97. The van der Waals surface area contributed by atoms with Gasteiger partial charge in [0.05, 0.1) is 6.04 Å². The quantitative estimate of drug-likeness (QED) is 0.638. The first-order valence-corrected chi connectivity index (χ1v) is 5.99. The van der Waals surface area contributed by atoms with Gasteiger partial charge in [-0.1, -0.05) is 33.1 Å². The van der Waals surface area contributed by atoms with Gasteiger partial charge in [0.15, 0.2) is 5.90 Å². The molecule has 0 N–H and O–H groups in total. The summed E-state index contributed by atoms with van der Waals surface area (Å²) in [7, 11) is 0. The van der Waals surface area contributed by atoms with Crippen molar-refractivity contribution in [2.75, 3.05) is 0 Å². The Balaban J connectivity index is 2.34. The molecule has 0 fully saturated rings. The Bertz CT molecular complexity index is 189. The Hall–Kier alpha value is -0.530. The van der Waals surface area contributed by atoms with Gasteiger partial charge in [-0.05, 0) is 19.3 Å². The van der Waals surface area contributed by atoms with Gasteiger partial charge in [0.25, 0.3) is 0 Å². The average molecular weight is 197 g/mol. The van der Waals surface area contributed by atoms with E-state index in [0.29, 0.717) is 12.1 Å². The van der Waals surface area contributed by atoms with E-state index >= 15 is 0 Å². The maximum absolute atomic E-state index is 5.72. The van der Waals surface area contributed by atoms with Crippen molar-refractivity contribution in [3.8, 4) is 0 Å². The van der Waals surface area contributed by atoms with E-state index in [9.17, 15) is 0 Å². The predicted octanol–water partition coefficient (Wildman–Crippen LogP) is 3.55. The van der Waals surface area contributed by atoms with Crippen molar-refractivity contribution in [1.82, 2.24) is 0 Å². The van der Waals surface area contributed by atoms with Gasteiger partial charge in [-0.25, -0.2) is 4.99 Å². The van der Waals surface area contributed by atoms with Gasteiger partial charge in [-0.2, -0.15) is 0 Å². The number of unbranched alkanes of at least 4 members (excludes halogenated alkanes) is 2. The first-order valence-electron chi connectivity index (χ1n) is 5.99. The second-order valence-corrected chi connectivity index (χ2v) is 4.16. The molecule has 1 aliphatic heterocycles. The van der Waals surface area contributed by atoms with Gasteiger partial charge in [-0.3, -0.25) is 0 Å². The molecule has 14 heavy (non-hydrogen) atoms. The highest BCUT2D eigenvalue weighted by Gasteiger charge is 2.27. The molecule has 0 saturated carbocycles. The second-order valence-electron chi connectivity index (χ2n) is 4.16. The normalized spacial score (nSPS) is 26.1. The summed E-state index contributed by atoms with van der Waals surface area (Å²) in [5, 5.41) is 0. The Labute approximate surface area is 87.8 Å². The van der Waals surface area contributed by atoms with Crippen LogP contribution in [0.1, 0.15) is 59.3 Å². The van der Waals surface area contributed by atoms with Crippen molar-refractivity contribution >= 4 is 5.90 Å². The van der Waals surface area contributed by atoms with E-state index in [0.717, 1.165) is 5.90 Å². The van der Waals surface area contributed by atoms with Crippen LogP contribution < -0.4 is 0 Å². The Morgan fingerprint density at radius 2 is 1.79 bits per heavy atom. The molecule has 0 spiro atoms. The van der Waals surface area contributed by atoms with Crippen LogP contribution in [0.4, 0.5) is 0 Å². The third-order valence-electron chi connectivity index (χ3n) is 2.79. The van der Waals surface area contributed by atoms with E-state index in [1.54, 1.807) is 0 Å². The van der Waals surface area contributed by atoms with Crippen molar-refractivity contribution in [2.24, 2.45) is 4.99 Å². The first-order chi connectivity index (χ1) is 6.77. The van der Waals surface area contributed by atoms with E-state index in [1.807, 2.05) is 6.92 Å². The molecule has 82 valence electrons. The van der Waals surface area contributed by atoms with Crippen molar-refractivity contribution in [3.05, 3.63) is 0 Å². The summed E-state index contributed by atoms with van der Waals surface area (Å²) in [6, 6.07) is 0.446. The Kier molecular flexibility index (Phi) is 4.99. The zero-order chi connectivity index (χ0) is 10.4. The molecular weight excluding hydrogens is 174 g/mol. The minimum atomic E-state index is 0.376. The number of nitrogens with zero attached hydrogens (tertiary/aromatic N) is 1. The molecule has 0 aliphatic carbocycles. The third-order valence-corrected chi connectivity index (χ3v) is 2.79. The smallest absolute Gasteiger partial charge is 0.180 e. The highest BCUT2D eigenvalue weighted by molar-refractivity contribution is 5.75. The molecule has 2 heteroatoms. The maximum atomic E-state index is 5.72. The van der Waals surface area contributed by atoms with Crippen LogP contribution in [0, 0.1) is 0 Å². The third kappa shape index (κ3) is 3.32. The zero-order valence-corrected chi connectivity index (χ0v) is 9.75. The van der Waals surface area contributed by atoms with Crippen molar-refractivity contribution in [1.29, 1.82) is 0 Å². The molecule has 0 aromatic carbocycles. The molecule has 1 heterocycles. The fourth-order valence-electron chi connectivity index (χ4n) is 1.97. The van der Waals surface area contributed by atoms with E-state index in [1.165, 1.54) is 38.5 Å². The lowest BCUT2D eigenvalue weighted by Crippen LogP contribution is -2.22. The van der Waals surface area contributed by atoms with Gasteiger partial charge in [-0.15, -0.1) is 0 Å². The molecule has 1 rings (SSSR count). The van der Waals surface area contributed by atoms with E-state index in [4.69, 9.17) is 4.74 Å². The van der Waals surface area contributed by atoms with Gasteiger partial charge in [0.1, 0.15) is 6.10 Å². The van der Waals surface area contributed by atoms with Crippen LogP contribution in [0.5, 0.6) is 0 Å². The highest BCUT2D eigenvalue weighted by Crippen LogP contribution is 2.22. The summed E-state index contributed by atoms with van der Waals surface area (Å²) in [4.78, 5) is 4.55. The molecule has 0 unspecified atom stereocenters. The fraction of sp³-hybridized carbons (Fsp3) is 0.917. The lowest BCUT2D eigenvalue weighted by atomic mass is 10.0. The lowest BCUT2D eigenvalue weighted by molar-refractivity contribution is 0.171. The lowest BCUT2D eigenvalue weighted by Gasteiger charge is -2.16. The standard InChI is InChI=1S/C12H23NO/c1-4-6-8-11-12(9-7-5-2)14-10(3)13-11/h11-12H,4-9H2,1-3H3/t11-,12-/m0/s1. The van der Waals surface area contributed by atoms with Gasteiger partial charge in [0.2, 0.25) is 0 Å². The summed E-state index contributed by atoms with van der Waals surface area (Å²) < 4.78 is 5.72. The van der Waals surface area contributed by atoms with Crippen LogP contribution in [-0.2, 0) is 4.74 Å². The summed E-state index contributed by atoms with van der Waals surface area (Å²) in [6.45, 7) is 6.43. The van der Waals surface area contributed by atoms with Crippen molar-refractivity contribution in [2.45, 2.75) is 71.4 Å². The summed E-state index contributed by atoms with van der Waals surface area (Å²) >= 11 is 0. The first kappa shape index (κ1) is 11.5. The monoisotopic (exact) mass is 197 g/mol. The Morgan fingerprint density at radius 1 is 1.14 bits per heavy atom. The summed E-state index contributed by atoms with van der Waals surface area (Å²) in [5.74, 6) is 0.896. The van der Waals surface area contributed by atoms with Crippen LogP contribution >= 0.6 is 0 Å². The number of aliphatic imine (C=N–C) groups is 1. The van der Waals surface area contributed by atoms with Crippen molar-refractivity contribution in [3.63, 3.8) is 0 Å². The van der Waals surface area contributed by atoms with Gasteiger partial charge in [0, 0.05) is 6.92 Å². The molecule has 0 aromatic heterocycles. The molecule has 0 saturated heterocycles. The molecule has 0 amide bonds. The van der Waals surface area contributed by atoms with Crippen LogP contribution in [0.15, 0.2) is 4.99 Å². The van der Waals surface area contributed by atoms with Crippen molar-refractivity contribution < 1.29 is 4.74 Å². The van der Waals surface area contributed by atoms with E-state index < -0.39 is 0 Å². The van der Waals surface area contributed by atoms with Crippen LogP contribution in [0.3, 0.4) is 0 Å². The average Bonchev–Trinajstić information content (AvgIpc) is 2.52. The zero-order valence-electron chi connectivity index (χ0n) is 9.75. The largest absolute Gasteiger partial charge is 0.476 e. The van der Waals surface area contributed by atoms with E-state index in [-0.39, 0.29) is 0 Å². The molecule has 2 atom stereocenters. The summed E-state index contributed by atoms with van der Waals surface area (Å²) in [6.07, 6.45) is 7.78. The predicted molar refractivity (Wildman–Crippen MR) is 60.8 cm³/mol. The minimum absolute atomic E-state index is 0.376. The number of hydrogen-bond donors (Lipinski definition) is 0. The van der Waals surface area contributed by atoms with Gasteiger partial charge < -0.3 is 4.74 Å². The van der Waals surface area contributed by atoms with Crippen LogP contribution in [0.2, 0.25) is 0 Å². The number of ether oxygens (including phenoxy) is 1. The maximum Gasteiger partial charge on any atom is 0.180 e. The Morgan fingerprint density at radius 3 is 2.43 bits per heavy atom. The number of hydrogen-bond acceptors (Lipinski definition) is 2. The second kappa shape index (κ2) is 6.05. The molecule has 0 aromatic rings. The van der Waals surface area contributed by atoms with Gasteiger partial charge >= 0.3 is 0 Å². The van der Waals surface area contributed by atoms with E-state index in [2.05, 4.69) is 18.8 Å². The SMILES string of the molecule is CCCC[C@@H]1N=C(C)O[C@H]1CCCC. The molecule has 0 radical (unpaired) electrons. The molecule has 0 bridgehead atoms. The number of rotatable bonds is 6. The topological polar surface area (TPSA) is 21.6 Å². The van der Waals surface area contributed by atoms with Crippen LogP contribution in [0.25, 0.3) is 0 Å². The molecule has 1 aliphatic rings. The molecule has 2 nitrogen and oxygen atoms in total. The minimum Gasteiger partial charge on any atom is -0.476 e. The highest BCUT2D eigenvalue weighted by atomic mass is 16.5.